The number of aromatic amines is 1. The summed E-state index contributed by atoms with van der Waals surface area (Å²) in [5.74, 6) is 0.304. The van der Waals surface area contributed by atoms with Crippen LogP contribution in [0.2, 0.25) is 0 Å². The molecule has 0 radical (unpaired) electrons. The van der Waals surface area contributed by atoms with Crippen LogP contribution < -0.4 is 10.5 Å². The highest BCUT2D eigenvalue weighted by atomic mass is 19.4. The Morgan fingerprint density at radius 1 is 1.09 bits per heavy atom. The minimum atomic E-state index is -4.47. The SMILES string of the molecule is O=C(CCCc1n[nH]c(=O)c2ccccc12)N1CC2CC(C1)N2c1ncc(C(F)(F)F)cn1. The fourth-order valence-electron chi connectivity index (χ4n) is 4.67. The molecule has 1 N–H and O–H groups in total. The quantitative estimate of drug-likeness (QED) is 0.632. The molecular formula is C22H21F3N6O2. The van der Waals surface area contributed by atoms with Gasteiger partial charge >= 0.3 is 6.18 Å². The summed E-state index contributed by atoms with van der Waals surface area (Å²) < 4.78 is 38.2. The molecule has 0 aliphatic carbocycles. The Balaban J connectivity index is 1.17. The predicted octanol–water partition coefficient (Wildman–Crippen LogP) is 2.54. The van der Waals surface area contributed by atoms with Crippen molar-refractivity contribution in [1.82, 2.24) is 25.1 Å². The number of halogens is 3. The summed E-state index contributed by atoms with van der Waals surface area (Å²) in [5, 5.41) is 8.02. The highest BCUT2D eigenvalue weighted by molar-refractivity contribution is 5.83. The van der Waals surface area contributed by atoms with Gasteiger partial charge in [-0.15, -0.1) is 0 Å². The van der Waals surface area contributed by atoms with Gasteiger partial charge in [-0.25, -0.2) is 15.1 Å². The van der Waals surface area contributed by atoms with Crippen LogP contribution in [0.1, 0.15) is 30.5 Å². The van der Waals surface area contributed by atoms with Crippen molar-refractivity contribution < 1.29 is 18.0 Å². The Labute approximate surface area is 186 Å². The van der Waals surface area contributed by atoms with Crippen molar-refractivity contribution in [2.75, 3.05) is 18.0 Å². The van der Waals surface area contributed by atoms with Gasteiger partial charge in [-0.1, -0.05) is 18.2 Å². The number of piperazine rings is 1. The van der Waals surface area contributed by atoms with Crippen LogP contribution in [0.25, 0.3) is 10.8 Å². The third kappa shape index (κ3) is 4.03. The molecule has 3 saturated heterocycles. The zero-order valence-electron chi connectivity index (χ0n) is 17.5. The molecule has 2 atom stereocenters. The number of benzene rings is 1. The van der Waals surface area contributed by atoms with E-state index in [1.165, 1.54) is 0 Å². The van der Waals surface area contributed by atoms with Gasteiger partial charge in [-0.05, 0) is 25.3 Å². The molecule has 1 aromatic carbocycles. The molecule has 11 heteroatoms. The Morgan fingerprint density at radius 2 is 1.76 bits per heavy atom. The van der Waals surface area contributed by atoms with Gasteiger partial charge in [-0.3, -0.25) is 9.59 Å². The Kier molecular flexibility index (Phi) is 5.26. The van der Waals surface area contributed by atoms with E-state index in [-0.39, 0.29) is 29.5 Å². The highest BCUT2D eigenvalue weighted by Gasteiger charge is 2.47. The van der Waals surface area contributed by atoms with Gasteiger partial charge in [0.15, 0.2) is 0 Å². The Hall–Kier alpha value is -3.50. The maximum Gasteiger partial charge on any atom is 0.419 e. The van der Waals surface area contributed by atoms with E-state index in [2.05, 4.69) is 20.2 Å². The largest absolute Gasteiger partial charge is 0.419 e. The monoisotopic (exact) mass is 458 g/mol. The summed E-state index contributed by atoms with van der Waals surface area (Å²) in [5.41, 5.74) is -0.358. The van der Waals surface area contributed by atoms with E-state index in [9.17, 15) is 22.8 Å². The third-order valence-electron chi connectivity index (χ3n) is 6.32. The number of nitrogens with one attached hydrogen (secondary N) is 1. The van der Waals surface area contributed by atoms with E-state index in [0.29, 0.717) is 37.7 Å². The van der Waals surface area contributed by atoms with Gasteiger partial charge in [0.1, 0.15) is 0 Å². The number of hydrogen-bond donors (Lipinski definition) is 1. The summed E-state index contributed by atoms with van der Waals surface area (Å²) in [7, 11) is 0. The Morgan fingerprint density at radius 3 is 2.42 bits per heavy atom. The third-order valence-corrected chi connectivity index (χ3v) is 6.32. The van der Waals surface area contributed by atoms with Crippen LogP contribution in [0.5, 0.6) is 0 Å². The fourth-order valence-corrected chi connectivity index (χ4v) is 4.67. The number of fused-ring (bicyclic) bond motifs is 3. The van der Waals surface area contributed by atoms with Crippen LogP contribution in [0.3, 0.4) is 0 Å². The predicted molar refractivity (Wildman–Crippen MR) is 114 cm³/mol. The van der Waals surface area contributed by atoms with Gasteiger partial charge in [0, 0.05) is 37.3 Å². The van der Waals surface area contributed by atoms with Crippen molar-refractivity contribution in [3.8, 4) is 0 Å². The molecule has 3 aliphatic rings. The van der Waals surface area contributed by atoms with Crippen LogP contribution >= 0.6 is 0 Å². The van der Waals surface area contributed by atoms with Gasteiger partial charge in [0.2, 0.25) is 11.9 Å². The number of H-pyrrole nitrogens is 1. The fraction of sp³-hybridized carbons (Fsp3) is 0.409. The average molecular weight is 458 g/mol. The first-order valence-corrected chi connectivity index (χ1v) is 10.7. The molecule has 0 spiro atoms. The number of carbonyl (C=O) groups excluding carboxylic acids is 1. The maximum atomic E-state index is 12.7. The smallest absolute Gasteiger partial charge is 0.339 e. The van der Waals surface area contributed by atoms with Crippen LogP contribution in [0, 0.1) is 0 Å². The van der Waals surface area contributed by atoms with Crippen molar-refractivity contribution in [2.24, 2.45) is 0 Å². The first-order valence-electron chi connectivity index (χ1n) is 10.7. The van der Waals surface area contributed by atoms with Crippen molar-refractivity contribution in [3.05, 3.63) is 58.3 Å². The Bertz CT molecular complexity index is 1230. The molecule has 6 rings (SSSR count). The first-order chi connectivity index (χ1) is 15.8. The molecule has 172 valence electrons. The van der Waals surface area contributed by atoms with E-state index in [1.54, 1.807) is 17.0 Å². The minimum Gasteiger partial charge on any atom is -0.339 e. The number of amides is 1. The van der Waals surface area contributed by atoms with E-state index in [4.69, 9.17) is 0 Å². The van der Waals surface area contributed by atoms with Gasteiger partial charge in [0.05, 0.1) is 28.7 Å². The topological polar surface area (TPSA) is 95.1 Å². The molecule has 2 unspecified atom stereocenters. The van der Waals surface area contributed by atoms with Crippen molar-refractivity contribution in [2.45, 2.75) is 43.9 Å². The van der Waals surface area contributed by atoms with Crippen molar-refractivity contribution >= 4 is 22.6 Å². The van der Waals surface area contributed by atoms with Crippen LogP contribution in [-0.2, 0) is 17.4 Å². The molecule has 8 nitrogen and oxygen atoms in total. The lowest BCUT2D eigenvalue weighted by atomic mass is 9.87. The van der Waals surface area contributed by atoms with Gasteiger partial charge in [0.25, 0.3) is 5.56 Å². The summed E-state index contributed by atoms with van der Waals surface area (Å²) >= 11 is 0. The van der Waals surface area contributed by atoms with E-state index < -0.39 is 11.7 Å². The molecule has 5 heterocycles. The summed E-state index contributed by atoms with van der Waals surface area (Å²) in [6.07, 6.45) is -0.493. The minimum absolute atomic E-state index is 0.00856. The van der Waals surface area contributed by atoms with Crippen LogP contribution in [0.4, 0.5) is 19.1 Å². The van der Waals surface area contributed by atoms with Crippen LogP contribution in [-0.4, -0.2) is 56.1 Å². The molecule has 3 aliphatic heterocycles. The second-order valence-electron chi connectivity index (χ2n) is 8.42. The number of hydrogen-bond acceptors (Lipinski definition) is 6. The van der Waals surface area contributed by atoms with E-state index in [1.807, 2.05) is 17.0 Å². The van der Waals surface area contributed by atoms with Crippen LogP contribution in [0.15, 0.2) is 41.5 Å². The van der Waals surface area contributed by atoms with Crippen molar-refractivity contribution in [1.29, 1.82) is 0 Å². The lowest BCUT2D eigenvalue weighted by molar-refractivity contribution is -0.138. The number of aryl methyl sites for hydroxylation is 1. The second-order valence-corrected chi connectivity index (χ2v) is 8.42. The molecule has 2 bridgehead atoms. The molecule has 33 heavy (non-hydrogen) atoms. The molecule has 1 amide bonds. The summed E-state index contributed by atoms with van der Waals surface area (Å²) in [6.45, 7) is 0.999. The molecular weight excluding hydrogens is 437 g/mol. The number of carbonyl (C=O) groups is 1. The van der Waals surface area contributed by atoms with Crippen molar-refractivity contribution in [3.63, 3.8) is 0 Å². The number of alkyl halides is 3. The van der Waals surface area contributed by atoms with E-state index >= 15 is 0 Å². The van der Waals surface area contributed by atoms with Gasteiger partial charge < -0.3 is 9.80 Å². The first kappa shape index (κ1) is 21.4. The second kappa shape index (κ2) is 8.13. The lowest BCUT2D eigenvalue weighted by Gasteiger charge is -2.56. The zero-order valence-corrected chi connectivity index (χ0v) is 17.5. The number of nitrogens with zero attached hydrogens (tertiary/aromatic N) is 5. The number of aromatic nitrogens is 4. The van der Waals surface area contributed by atoms with E-state index in [0.717, 1.165) is 29.9 Å². The highest BCUT2D eigenvalue weighted by Crippen LogP contribution is 2.36. The number of piperidine rings is 1. The molecule has 2 aromatic heterocycles. The van der Waals surface area contributed by atoms with Gasteiger partial charge in [-0.2, -0.15) is 18.3 Å². The zero-order chi connectivity index (χ0) is 23.2. The standard InChI is InChI=1S/C22H21F3N6O2/c23-22(24,25)13-9-26-21(27-10-13)31-14-8-15(31)12-30(11-14)19(32)7-3-6-18-16-4-1-2-5-17(16)20(33)29-28-18/h1-2,4-5,9-10,14-15H,3,6-8,11-12H2,(H,29,33). The maximum absolute atomic E-state index is 12.7. The summed E-state index contributed by atoms with van der Waals surface area (Å²) in [4.78, 5) is 36.1. The summed E-state index contributed by atoms with van der Waals surface area (Å²) in [6, 6.07) is 7.26. The molecule has 3 aromatic rings. The number of anilines is 1. The normalized spacial score (nSPS) is 20.1. The lowest BCUT2D eigenvalue weighted by Crippen LogP contribution is -2.70. The molecule has 0 saturated carbocycles. The molecule has 3 fully saturated rings. The average Bonchev–Trinajstić information content (AvgIpc) is 2.80. The number of rotatable bonds is 5.